The van der Waals surface area contributed by atoms with E-state index in [1.807, 2.05) is 6.92 Å². The van der Waals surface area contributed by atoms with Crippen LogP contribution in [0.1, 0.15) is 24.1 Å². The molecule has 0 bridgehead atoms. The van der Waals surface area contributed by atoms with Crippen LogP contribution in [-0.2, 0) is 11.2 Å². The summed E-state index contributed by atoms with van der Waals surface area (Å²) in [5.74, 6) is -1.42. The number of hydrogen-bond acceptors (Lipinski definition) is 5. The first-order valence-corrected chi connectivity index (χ1v) is 10.5. The molecule has 0 saturated heterocycles. The maximum absolute atomic E-state index is 13.6. The third-order valence-electron chi connectivity index (χ3n) is 5.72. The number of carbonyl (C=O) groups excluding carboxylic acids is 1. The monoisotopic (exact) mass is 473 g/mol. The molecular formula is C24H19F4N3O3. The van der Waals surface area contributed by atoms with Crippen LogP contribution in [0.5, 0.6) is 11.5 Å². The number of benzene rings is 2. The van der Waals surface area contributed by atoms with Crippen molar-refractivity contribution in [1.29, 1.82) is 0 Å². The molecule has 0 radical (unpaired) electrons. The van der Waals surface area contributed by atoms with Crippen LogP contribution in [-0.4, -0.2) is 29.8 Å². The van der Waals surface area contributed by atoms with Crippen molar-refractivity contribution >= 4 is 23.1 Å². The van der Waals surface area contributed by atoms with Crippen LogP contribution in [0.25, 0.3) is 0 Å². The van der Waals surface area contributed by atoms with Crippen molar-refractivity contribution in [3.63, 3.8) is 0 Å². The van der Waals surface area contributed by atoms with E-state index in [0.29, 0.717) is 39.9 Å². The number of carbonyl (C=O) groups is 1. The maximum atomic E-state index is 13.6. The highest BCUT2D eigenvalue weighted by atomic mass is 19.4. The molecule has 1 amide bonds. The summed E-state index contributed by atoms with van der Waals surface area (Å²) in [5.41, 5.74) is 1.77. The van der Waals surface area contributed by atoms with E-state index in [4.69, 9.17) is 9.47 Å². The molecule has 1 unspecified atom stereocenters. The zero-order chi connectivity index (χ0) is 24.0. The first kappa shape index (κ1) is 22.0. The van der Waals surface area contributed by atoms with Crippen LogP contribution in [0.4, 0.5) is 34.8 Å². The van der Waals surface area contributed by atoms with E-state index in [1.165, 1.54) is 24.3 Å². The molecule has 3 aromatic rings. The van der Waals surface area contributed by atoms with E-state index in [-0.39, 0.29) is 18.4 Å². The van der Waals surface area contributed by atoms with Crippen LogP contribution >= 0.6 is 0 Å². The Balaban J connectivity index is 1.53. The molecule has 176 valence electrons. The SMILES string of the molecule is CC1Cc2ccc(N(C(=O)C(F)(F)F)[C@@H]3COc4c(Nc5ccc(F)cn5)cccc43)cc2O1. The second-order valence-corrected chi connectivity index (χ2v) is 8.13. The summed E-state index contributed by atoms with van der Waals surface area (Å²) >= 11 is 0. The fourth-order valence-electron chi connectivity index (χ4n) is 4.25. The molecule has 0 saturated carbocycles. The largest absolute Gasteiger partial charge is 0.490 e. The number of aromatic nitrogens is 1. The Morgan fingerprint density at radius 1 is 1.18 bits per heavy atom. The lowest BCUT2D eigenvalue weighted by Gasteiger charge is -2.29. The Bertz CT molecular complexity index is 1250. The van der Waals surface area contributed by atoms with Gasteiger partial charge in [0.2, 0.25) is 0 Å². The van der Waals surface area contributed by atoms with Crippen LogP contribution in [0, 0.1) is 5.82 Å². The molecule has 0 spiro atoms. The van der Waals surface area contributed by atoms with Crippen molar-refractivity contribution in [3.05, 3.63) is 71.7 Å². The fraction of sp³-hybridized carbons (Fsp3) is 0.250. The van der Waals surface area contributed by atoms with Crippen LogP contribution < -0.4 is 19.7 Å². The predicted octanol–water partition coefficient (Wildman–Crippen LogP) is 5.32. The zero-order valence-corrected chi connectivity index (χ0v) is 17.9. The Kier molecular flexibility index (Phi) is 5.30. The van der Waals surface area contributed by atoms with Gasteiger partial charge in [0.1, 0.15) is 35.8 Å². The second-order valence-electron chi connectivity index (χ2n) is 8.13. The Labute approximate surface area is 192 Å². The molecule has 3 heterocycles. The summed E-state index contributed by atoms with van der Waals surface area (Å²) in [6.45, 7) is 1.69. The number of alkyl halides is 3. The van der Waals surface area contributed by atoms with E-state index in [9.17, 15) is 22.4 Å². The van der Waals surface area contributed by atoms with Gasteiger partial charge < -0.3 is 14.8 Å². The van der Waals surface area contributed by atoms with Crippen LogP contribution in [0.15, 0.2) is 54.7 Å². The van der Waals surface area contributed by atoms with Gasteiger partial charge in [-0.1, -0.05) is 18.2 Å². The minimum atomic E-state index is -5.09. The molecular weight excluding hydrogens is 454 g/mol. The maximum Gasteiger partial charge on any atom is 0.471 e. The first-order chi connectivity index (χ1) is 16.2. The summed E-state index contributed by atoms with van der Waals surface area (Å²) in [6.07, 6.45) is -3.51. The summed E-state index contributed by atoms with van der Waals surface area (Å²) in [5, 5.41) is 2.98. The molecule has 0 fully saturated rings. The topological polar surface area (TPSA) is 63.7 Å². The van der Waals surface area contributed by atoms with Crippen LogP contribution in [0.2, 0.25) is 0 Å². The highest BCUT2D eigenvalue weighted by molar-refractivity contribution is 5.98. The van der Waals surface area contributed by atoms with E-state index in [1.54, 1.807) is 24.3 Å². The van der Waals surface area contributed by atoms with Crippen molar-refractivity contribution < 1.29 is 31.8 Å². The normalized spacial score (nSPS) is 18.5. The van der Waals surface area contributed by atoms with Gasteiger partial charge in [-0.2, -0.15) is 13.2 Å². The quantitative estimate of drug-likeness (QED) is 0.520. The van der Waals surface area contributed by atoms with Crippen molar-refractivity contribution in [2.24, 2.45) is 0 Å². The molecule has 6 nitrogen and oxygen atoms in total. The van der Waals surface area contributed by atoms with Crippen molar-refractivity contribution in [3.8, 4) is 11.5 Å². The van der Waals surface area contributed by atoms with Crippen molar-refractivity contribution in [2.45, 2.75) is 31.7 Å². The number of halogens is 4. The first-order valence-electron chi connectivity index (χ1n) is 10.5. The molecule has 0 aliphatic carbocycles. The van der Waals surface area contributed by atoms with Gasteiger partial charge in [0.15, 0.2) is 0 Å². The molecule has 2 atom stereocenters. The highest BCUT2D eigenvalue weighted by Crippen LogP contribution is 2.45. The molecule has 2 aliphatic heterocycles. The number of ether oxygens (including phenoxy) is 2. The second kappa shape index (κ2) is 8.19. The standard InChI is InChI=1S/C24H19F4N3O3/c1-13-9-14-5-7-16(10-20(14)34-13)31(23(32)24(26,27)28)19-12-33-22-17(19)3-2-4-18(22)30-21-8-6-15(25)11-29-21/h2-8,10-11,13,19H,9,12H2,1H3,(H,29,30)/t13?,19-/m1/s1. The third-order valence-corrected chi connectivity index (χ3v) is 5.72. The lowest BCUT2D eigenvalue weighted by molar-refractivity contribution is -0.171. The molecule has 1 aromatic heterocycles. The van der Waals surface area contributed by atoms with Gasteiger partial charge in [-0.25, -0.2) is 9.37 Å². The zero-order valence-electron chi connectivity index (χ0n) is 17.9. The number of pyridine rings is 1. The van der Waals surface area contributed by atoms with Crippen LogP contribution in [0.3, 0.4) is 0 Å². The number of rotatable bonds is 4. The van der Waals surface area contributed by atoms with Gasteiger partial charge in [0.05, 0.1) is 17.9 Å². The van der Waals surface area contributed by atoms with Crippen molar-refractivity contribution in [2.75, 3.05) is 16.8 Å². The molecule has 1 N–H and O–H groups in total. The van der Waals surface area contributed by atoms with E-state index >= 15 is 0 Å². The average Bonchev–Trinajstić information content (AvgIpc) is 3.38. The van der Waals surface area contributed by atoms with Gasteiger partial charge in [0, 0.05) is 23.7 Å². The van der Waals surface area contributed by atoms with E-state index in [2.05, 4.69) is 10.3 Å². The van der Waals surface area contributed by atoms with Crippen molar-refractivity contribution in [1.82, 2.24) is 4.98 Å². The minimum absolute atomic E-state index is 0.0650. The van der Waals surface area contributed by atoms with Gasteiger partial charge in [-0.3, -0.25) is 9.69 Å². The summed E-state index contributed by atoms with van der Waals surface area (Å²) in [7, 11) is 0. The number of fused-ring (bicyclic) bond motifs is 2. The molecule has 10 heteroatoms. The number of nitrogens with one attached hydrogen (secondary N) is 1. The highest BCUT2D eigenvalue weighted by Gasteiger charge is 2.48. The number of anilines is 3. The summed E-state index contributed by atoms with van der Waals surface area (Å²) < 4.78 is 65.5. The predicted molar refractivity (Wildman–Crippen MR) is 116 cm³/mol. The van der Waals surface area contributed by atoms with E-state index < -0.39 is 23.9 Å². The lowest BCUT2D eigenvalue weighted by atomic mass is 10.0. The average molecular weight is 473 g/mol. The number of para-hydroxylation sites is 1. The third kappa shape index (κ3) is 4.00. The molecule has 34 heavy (non-hydrogen) atoms. The molecule has 2 aliphatic rings. The fourth-order valence-corrected chi connectivity index (χ4v) is 4.25. The van der Waals surface area contributed by atoms with Gasteiger partial charge in [-0.05, 0) is 36.8 Å². The Morgan fingerprint density at radius 2 is 2.00 bits per heavy atom. The number of amides is 1. The molecule has 5 rings (SSSR count). The molecule has 2 aromatic carbocycles. The Morgan fingerprint density at radius 3 is 2.74 bits per heavy atom. The Hall–Kier alpha value is -3.82. The minimum Gasteiger partial charge on any atom is -0.490 e. The summed E-state index contributed by atoms with van der Waals surface area (Å²) in [6, 6.07) is 11.2. The van der Waals surface area contributed by atoms with E-state index in [0.717, 1.165) is 11.8 Å². The lowest BCUT2D eigenvalue weighted by Crippen LogP contribution is -2.44. The smallest absolute Gasteiger partial charge is 0.471 e. The number of nitrogens with zero attached hydrogens (tertiary/aromatic N) is 2. The summed E-state index contributed by atoms with van der Waals surface area (Å²) in [4.78, 5) is 17.2. The van der Waals surface area contributed by atoms with Gasteiger partial charge in [0.25, 0.3) is 0 Å². The van der Waals surface area contributed by atoms with Gasteiger partial charge in [-0.15, -0.1) is 0 Å². The number of hydrogen-bond donors (Lipinski definition) is 1. The van der Waals surface area contributed by atoms with Gasteiger partial charge >= 0.3 is 12.1 Å².